The van der Waals surface area contributed by atoms with Crippen molar-refractivity contribution in [3.63, 3.8) is 0 Å². The number of nitrogens with zero attached hydrogens (tertiary/aromatic N) is 4. The monoisotopic (exact) mass is 451 g/mol. The van der Waals surface area contributed by atoms with Crippen LogP contribution in [0.5, 0.6) is 0 Å². The van der Waals surface area contributed by atoms with Crippen LogP contribution in [0.2, 0.25) is 5.02 Å². The predicted octanol–water partition coefficient (Wildman–Crippen LogP) is 4.93. The van der Waals surface area contributed by atoms with E-state index in [2.05, 4.69) is 10.1 Å². The molecule has 0 radical (unpaired) electrons. The van der Waals surface area contributed by atoms with E-state index in [4.69, 9.17) is 17.0 Å². The summed E-state index contributed by atoms with van der Waals surface area (Å²) >= 11 is 6.30. The van der Waals surface area contributed by atoms with Gasteiger partial charge in [-0.3, -0.25) is 10.2 Å². The molecule has 1 N–H and O–H groups in total. The summed E-state index contributed by atoms with van der Waals surface area (Å²) in [6.07, 6.45) is -3.24. The zero-order chi connectivity index (χ0) is 21.8. The van der Waals surface area contributed by atoms with E-state index in [1.165, 1.54) is 6.08 Å². The summed E-state index contributed by atoms with van der Waals surface area (Å²) in [5, 5.41) is 11.5. The lowest BCUT2D eigenvalue weighted by Gasteiger charge is -2.20. The van der Waals surface area contributed by atoms with Crippen molar-refractivity contribution in [1.29, 1.82) is 5.41 Å². The van der Waals surface area contributed by atoms with E-state index < -0.39 is 23.0 Å². The highest BCUT2D eigenvalue weighted by Crippen LogP contribution is 2.35. The second-order valence-corrected chi connectivity index (χ2v) is 7.96. The Morgan fingerprint density at radius 2 is 1.97 bits per heavy atom. The first-order valence-corrected chi connectivity index (χ1v) is 9.78. The normalized spacial score (nSPS) is 18.1. The first kappa shape index (κ1) is 20.4. The van der Waals surface area contributed by atoms with Gasteiger partial charge in [0.15, 0.2) is 5.84 Å². The molecule has 2 aliphatic heterocycles. The van der Waals surface area contributed by atoms with E-state index in [-0.39, 0.29) is 22.5 Å². The molecular formula is C19H13ClF3N5OS. The minimum atomic E-state index is -4.68. The van der Waals surface area contributed by atoms with Crippen molar-refractivity contribution in [3.05, 3.63) is 57.9 Å². The van der Waals surface area contributed by atoms with E-state index in [9.17, 15) is 18.0 Å². The van der Waals surface area contributed by atoms with E-state index in [0.717, 1.165) is 22.1 Å². The van der Waals surface area contributed by atoms with Crippen molar-refractivity contribution in [2.24, 2.45) is 10.1 Å². The zero-order valence-corrected chi connectivity index (χ0v) is 17.2. The number of benzene rings is 1. The van der Waals surface area contributed by atoms with Crippen LogP contribution < -0.4 is 0 Å². The van der Waals surface area contributed by atoms with Crippen molar-refractivity contribution < 1.29 is 18.0 Å². The van der Waals surface area contributed by atoms with Crippen molar-refractivity contribution in [3.8, 4) is 5.69 Å². The number of halogens is 4. The molecule has 30 heavy (non-hydrogen) atoms. The highest BCUT2D eigenvalue weighted by Gasteiger charge is 2.46. The fraction of sp³-hybridized carbons (Fsp3) is 0.158. The number of hydrazone groups is 1. The van der Waals surface area contributed by atoms with Crippen molar-refractivity contribution >= 4 is 51.4 Å². The van der Waals surface area contributed by atoms with Gasteiger partial charge in [-0.05, 0) is 61.5 Å². The van der Waals surface area contributed by atoms with Gasteiger partial charge in [-0.2, -0.15) is 28.3 Å². The second kappa shape index (κ2) is 7.13. The van der Waals surface area contributed by atoms with Crippen LogP contribution in [0, 0.1) is 19.3 Å². The molecule has 0 bridgehead atoms. The van der Waals surface area contributed by atoms with Gasteiger partial charge < -0.3 is 4.57 Å². The van der Waals surface area contributed by atoms with Crippen molar-refractivity contribution in [1.82, 2.24) is 9.58 Å². The van der Waals surface area contributed by atoms with Gasteiger partial charge in [0, 0.05) is 22.1 Å². The molecular weight excluding hydrogens is 439 g/mol. The molecule has 0 atom stereocenters. The Kier molecular flexibility index (Phi) is 4.86. The van der Waals surface area contributed by atoms with Gasteiger partial charge in [0.2, 0.25) is 10.2 Å². The van der Waals surface area contributed by atoms with Crippen molar-refractivity contribution in [2.45, 2.75) is 20.0 Å². The van der Waals surface area contributed by atoms with Gasteiger partial charge in [0.05, 0.1) is 5.57 Å². The smallest absolute Gasteiger partial charge is 0.318 e. The molecule has 6 nitrogen and oxygen atoms in total. The van der Waals surface area contributed by atoms with E-state index in [1.54, 1.807) is 12.1 Å². The summed E-state index contributed by atoms with van der Waals surface area (Å²) < 4.78 is 40.8. The number of nitrogens with one attached hydrogen (secondary N) is 1. The summed E-state index contributed by atoms with van der Waals surface area (Å²) in [5.41, 5.74) is 2.94. The average Bonchev–Trinajstić information content (AvgIpc) is 3.20. The molecule has 11 heteroatoms. The van der Waals surface area contributed by atoms with Gasteiger partial charge in [-0.1, -0.05) is 17.7 Å². The molecule has 0 saturated carbocycles. The average molecular weight is 452 g/mol. The van der Waals surface area contributed by atoms with E-state index >= 15 is 0 Å². The molecule has 2 aliphatic rings. The Morgan fingerprint density at radius 1 is 1.23 bits per heavy atom. The molecule has 2 aromatic rings. The summed E-state index contributed by atoms with van der Waals surface area (Å²) in [6.45, 7) is 3.70. The molecule has 0 fully saturated rings. The molecule has 4 rings (SSSR count). The lowest BCUT2D eigenvalue weighted by atomic mass is 10.1. The van der Waals surface area contributed by atoms with Crippen LogP contribution in [-0.2, 0) is 4.79 Å². The number of carbonyl (C=O) groups is 1. The predicted molar refractivity (Wildman–Crippen MR) is 111 cm³/mol. The van der Waals surface area contributed by atoms with Gasteiger partial charge in [-0.25, -0.2) is 0 Å². The maximum absolute atomic E-state index is 12.9. The quantitative estimate of drug-likeness (QED) is 0.658. The SMILES string of the molecule is Cc1cc(/C=C2\C(=N)N3N=C(C(F)(F)F)SC3=NC2=O)c(C)n1-c1cccc(Cl)c1. The lowest BCUT2D eigenvalue weighted by Crippen LogP contribution is -2.35. The minimum absolute atomic E-state index is 0.141. The first-order chi connectivity index (χ1) is 14.1. The minimum Gasteiger partial charge on any atom is -0.318 e. The van der Waals surface area contributed by atoms with Crippen LogP contribution in [-0.4, -0.2) is 37.7 Å². The van der Waals surface area contributed by atoms with Crippen LogP contribution in [0.25, 0.3) is 11.8 Å². The molecule has 1 aromatic carbocycles. The molecule has 0 aliphatic carbocycles. The number of amidine groups is 2. The maximum atomic E-state index is 12.9. The van der Waals surface area contributed by atoms with Gasteiger partial charge in [-0.15, -0.1) is 0 Å². The number of fused-ring (bicyclic) bond motifs is 1. The fourth-order valence-electron chi connectivity index (χ4n) is 3.21. The Labute approximate surface area is 178 Å². The lowest BCUT2D eigenvalue weighted by molar-refractivity contribution is -0.114. The van der Waals surface area contributed by atoms with E-state index in [1.807, 2.05) is 36.6 Å². The van der Waals surface area contributed by atoms with Crippen LogP contribution in [0.1, 0.15) is 17.0 Å². The molecule has 1 amide bonds. The molecule has 0 unspecified atom stereocenters. The Morgan fingerprint density at radius 3 is 2.63 bits per heavy atom. The maximum Gasteiger partial charge on any atom is 0.441 e. The summed E-state index contributed by atoms with van der Waals surface area (Å²) in [7, 11) is 0. The Hall–Kier alpha value is -2.85. The Balaban J connectivity index is 1.75. The zero-order valence-electron chi connectivity index (χ0n) is 15.6. The number of alkyl halides is 3. The molecule has 154 valence electrons. The fourth-order valence-corrected chi connectivity index (χ4v) is 4.15. The number of aliphatic imine (C=N–C) groups is 1. The second-order valence-electron chi connectivity index (χ2n) is 6.56. The number of rotatable bonds is 2. The van der Waals surface area contributed by atoms with Crippen LogP contribution in [0.15, 0.2) is 46.0 Å². The Bertz CT molecular complexity index is 1200. The standard InChI is InChI=1S/C19H13ClF3N5OS/c1-9-6-11(10(2)27(9)13-5-3-4-12(20)8-13)7-14-15(24)28-18(25-16(14)29)30-17(26-28)19(21,22)23/h3-8,24H,1-2H3/b14-7+,24-15?. The van der Waals surface area contributed by atoms with Crippen LogP contribution >= 0.6 is 23.4 Å². The molecule has 1 aromatic heterocycles. The summed E-state index contributed by atoms with van der Waals surface area (Å²) in [4.78, 5) is 16.1. The van der Waals surface area contributed by atoms with Gasteiger partial charge >= 0.3 is 6.18 Å². The number of carbonyl (C=O) groups excluding carboxylic acids is 1. The van der Waals surface area contributed by atoms with Crippen LogP contribution in [0.3, 0.4) is 0 Å². The molecule has 0 saturated heterocycles. The van der Waals surface area contributed by atoms with Crippen LogP contribution in [0.4, 0.5) is 13.2 Å². The number of hydrogen-bond donors (Lipinski definition) is 1. The number of aryl methyl sites for hydroxylation is 1. The number of hydrogen-bond acceptors (Lipinski definition) is 4. The third-order valence-corrected chi connectivity index (χ3v) is 5.72. The summed E-state index contributed by atoms with van der Waals surface area (Å²) in [6, 6.07) is 9.04. The molecule has 3 heterocycles. The number of thioether (sulfide) groups is 1. The number of amides is 1. The first-order valence-electron chi connectivity index (χ1n) is 8.58. The van der Waals surface area contributed by atoms with Crippen molar-refractivity contribution in [2.75, 3.05) is 0 Å². The largest absolute Gasteiger partial charge is 0.441 e. The highest BCUT2D eigenvalue weighted by atomic mass is 35.5. The molecule has 0 spiro atoms. The van der Waals surface area contributed by atoms with E-state index in [0.29, 0.717) is 10.6 Å². The topological polar surface area (TPSA) is 73.8 Å². The summed E-state index contributed by atoms with van der Waals surface area (Å²) in [5.74, 6) is -1.24. The number of aromatic nitrogens is 1. The van der Waals surface area contributed by atoms with Gasteiger partial charge in [0.25, 0.3) is 5.91 Å². The third-order valence-electron chi connectivity index (χ3n) is 4.53. The van der Waals surface area contributed by atoms with Gasteiger partial charge in [0.1, 0.15) is 0 Å². The highest BCUT2D eigenvalue weighted by molar-refractivity contribution is 8.27. The third kappa shape index (κ3) is 3.46.